The number of methoxy groups -OCH3 is 2. The van der Waals surface area contributed by atoms with E-state index in [1.54, 1.807) is 31.3 Å². The van der Waals surface area contributed by atoms with E-state index in [-0.39, 0.29) is 54.5 Å². The zero-order valence-corrected chi connectivity index (χ0v) is 25.3. The Hall–Kier alpha value is -2.58. The van der Waals surface area contributed by atoms with Crippen LogP contribution in [0.4, 0.5) is 4.79 Å². The van der Waals surface area contributed by atoms with Gasteiger partial charge in [0.05, 0.1) is 33.8 Å². The molecule has 3 N–H and O–H groups in total. The van der Waals surface area contributed by atoms with Crippen molar-refractivity contribution in [1.29, 1.82) is 0 Å². The monoisotopic (exact) mass is 596 g/mol. The summed E-state index contributed by atoms with van der Waals surface area (Å²) >= 11 is 1.48. The van der Waals surface area contributed by atoms with Crippen molar-refractivity contribution in [3.05, 3.63) is 35.0 Å². The van der Waals surface area contributed by atoms with E-state index >= 15 is 0 Å². The van der Waals surface area contributed by atoms with Crippen molar-refractivity contribution in [3.8, 4) is 10.4 Å². The predicted molar refractivity (Wildman–Crippen MR) is 153 cm³/mol. The number of alkyl carbamates (subject to hydrolysis) is 1. The summed E-state index contributed by atoms with van der Waals surface area (Å²) in [6, 6.07) is 5.11. The van der Waals surface area contributed by atoms with E-state index in [0.717, 1.165) is 35.6 Å². The van der Waals surface area contributed by atoms with Gasteiger partial charge >= 0.3 is 6.09 Å². The molecule has 1 aliphatic rings. The lowest BCUT2D eigenvalue weighted by Gasteiger charge is -2.28. The van der Waals surface area contributed by atoms with Gasteiger partial charge in [0.2, 0.25) is 15.9 Å². The van der Waals surface area contributed by atoms with E-state index in [9.17, 15) is 18.0 Å². The van der Waals surface area contributed by atoms with Crippen LogP contribution in [-0.4, -0.2) is 71.1 Å². The standard InChI is InChI=1S/C27H40N4O7S2/c1-6-30-40(34,35)23-13-18(14-24(32)28-16-25(36-4)37-5)7-12-21(23)22-15-29-26(39-22)19-8-10-20(11-9-19)31-27(33)38-17(2)3/h7,12-13,15,17,19-20,25,30H,6,8-11,14,16H2,1-5H3,(H,28,32)(H,31,33)/t19-,20-. The molecule has 0 atom stereocenters. The summed E-state index contributed by atoms with van der Waals surface area (Å²) in [6.45, 7) is 5.76. The molecule has 2 amide bonds. The lowest BCUT2D eigenvalue weighted by molar-refractivity contribution is -0.126. The van der Waals surface area contributed by atoms with Gasteiger partial charge in [-0.25, -0.2) is 22.9 Å². The van der Waals surface area contributed by atoms with Crippen LogP contribution in [0, 0.1) is 0 Å². The normalized spacial score (nSPS) is 17.7. The Morgan fingerprint density at radius 2 is 1.82 bits per heavy atom. The van der Waals surface area contributed by atoms with Gasteiger partial charge in [0, 0.05) is 44.5 Å². The lowest BCUT2D eigenvalue weighted by Crippen LogP contribution is -2.38. The van der Waals surface area contributed by atoms with Gasteiger partial charge in [-0.3, -0.25) is 4.79 Å². The van der Waals surface area contributed by atoms with Crippen LogP contribution in [0.25, 0.3) is 10.4 Å². The largest absolute Gasteiger partial charge is 0.447 e. The summed E-state index contributed by atoms with van der Waals surface area (Å²) in [5, 5.41) is 6.61. The van der Waals surface area contributed by atoms with E-state index in [4.69, 9.17) is 14.2 Å². The van der Waals surface area contributed by atoms with Crippen LogP contribution in [-0.2, 0) is 35.4 Å². The summed E-state index contributed by atoms with van der Waals surface area (Å²) < 4.78 is 44.2. The number of carbonyl (C=O) groups is 2. The van der Waals surface area contributed by atoms with Crippen LogP contribution < -0.4 is 15.4 Å². The minimum absolute atomic E-state index is 0.00496. The molecule has 1 fully saturated rings. The number of hydrogen-bond donors (Lipinski definition) is 3. The van der Waals surface area contributed by atoms with Crippen molar-refractivity contribution >= 4 is 33.4 Å². The fraction of sp³-hybridized carbons (Fsp3) is 0.593. The molecule has 13 heteroatoms. The average molecular weight is 597 g/mol. The van der Waals surface area contributed by atoms with Crippen LogP contribution in [0.5, 0.6) is 0 Å². The van der Waals surface area contributed by atoms with Gasteiger partial charge in [-0.2, -0.15) is 0 Å². The first-order valence-electron chi connectivity index (χ1n) is 13.4. The Bertz CT molecular complexity index is 1240. The first-order valence-corrected chi connectivity index (χ1v) is 15.7. The number of benzene rings is 1. The second-order valence-electron chi connectivity index (χ2n) is 9.92. The highest BCUT2D eigenvalue weighted by Crippen LogP contribution is 2.39. The number of sulfonamides is 1. The van der Waals surface area contributed by atoms with Crippen LogP contribution in [0.15, 0.2) is 29.3 Å². The summed E-state index contributed by atoms with van der Waals surface area (Å²) in [5.41, 5.74) is 1.11. The number of carbonyl (C=O) groups excluding carboxylic acids is 2. The molecule has 0 radical (unpaired) electrons. The molecule has 1 saturated carbocycles. The average Bonchev–Trinajstić information content (AvgIpc) is 3.39. The zero-order chi connectivity index (χ0) is 29.3. The molecule has 1 aromatic heterocycles. The molecular formula is C27H40N4O7S2. The molecule has 40 heavy (non-hydrogen) atoms. The maximum atomic E-state index is 13.2. The van der Waals surface area contributed by atoms with Gasteiger partial charge in [-0.15, -0.1) is 11.3 Å². The summed E-state index contributed by atoms with van der Waals surface area (Å²) in [5.74, 6) is -0.0426. The van der Waals surface area contributed by atoms with Crippen LogP contribution in [0.3, 0.4) is 0 Å². The second kappa shape index (κ2) is 14.9. The van der Waals surface area contributed by atoms with Gasteiger partial charge in [0.15, 0.2) is 6.29 Å². The molecule has 0 bridgehead atoms. The second-order valence-corrected chi connectivity index (χ2v) is 12.7. The molecule has 1 aromatic carbocycles. The Morgan fingerprint density at radius 3 is 2.45 bits per heavy atom. The number of rotatable bonds is 13. The molecule has 1 aliphatic carbocycles. The van der Waals surface area contributed by atoms with Gasteiger partial charge in [-0.1, -0.05) is 19.1 Å². The minimum Gasteiger partial charge on any atom is -0.447 e. The van der Waals surface area contributed by atoms with E-state index < -0.39 is 16.3 Å². The van der Waals surface area contributed by atoms with E-state index in [2.05, 4.69) is 20.3 Å². The van der Waals surface area contributed by atoms with Crippen LogP contribution in [0.2, 0.25) is 0 Å². The first kappa shape index (κ1) is 31.9. The Balaban J connectivity index is 1.74. The van der Waals surface area contributed by atoms with Gasteiger partial charge in [0.1, 0.15) is 0 Å². The van der Waals surface area contributed by atoms with E-state index in [1.165, 1.54) is 25.6 Å². The number of amides is 2. The number of hydrogen-bond acceptors (Lipinski definition) is 9. The molecule has 2 aromatic rings. The Labute approximate surface area is 240 Å². The summed E-state index contributed by atoms with van der Waals surface area (Å²) in [7, 11) is -0.854. The van der Waals surface area contributed by atoms with Gasteiger partial charge in [0.25, 0.3) is 0 Å². The van der Waals surface area contributed by atoms with Gasteiger partial charge in [-0.05, 0) is 51.2 Å². The fourth-order valence-electron chi connectivity index (χ4n) is 4.58. The molecule has 0 unspecified atom stereocenters. The number of nitrogens with zero attached hydrogens (tertiary/aromatic N) is 1. The third-order valence-electron chi connectivity index (χ3n) is 6.56. The molecule has 1 heterocycles. The number of thiazole rings is 1. The maximum absolute atomic E-state index is 13.2. The van der Waals surface area contributed by atoms with Crippen molar-refractivity contribution in [2.24, 2.45) is 0 Å². The fourth-order valence-corrected chi connectivity index (χ4v) is 7.08. The topological polar surface area (TPSA) is 145 Å². The Morgan fingerprint density at radius 1 is 1.12 bits per heavy atom. The third-order valence-corrected chi connectivity index (χ3v) is 9.34. The van der Waals surface area contributed by atoms with Crippen LogP contribution >= 0.6 is 11.3 Å². The molecular weight excluding hydrogens is 556 g/mol. The summed E-state index contributed by atoms with van der Waals surface area (Å²) in [4.78, 5) is 29.9. The molecule has 0 saturated heterocycles. The van der Waals surface area contributed by atoms with Crippen molar-refractivity contribution in [2.45, 2.75) is 82.1 Å². The molecule has 3 rings (SSSR count). The lowest BCUT2D eigenvalue weighted by atomic mass is 9.86. The predicted octanol–water partition coefficient (Wildman–Crippen LogP) is 3.55. The zero-order valence-electron chi connectivity index (χ0n) is 23.7. The van der Waals surface area contributed by atoms with E-state index in [0.29, 0.717) is 11.1 Å². The maximum Gasteiger partial charge on any atom is 0.407 e. The van der Waals surface area contributed by atoms with Crippen molar-refractivity contribution in [3.63, 3.8) is 0 Å². The molecule has 222 valence electrons. The summed E-state index contributed by atoms with van der Waals surface area (Å²) in [6.07, 6.45) is 3.97. The molecule has 11 nitrogen and oxygen atoms in total. The SMILES string of the molecule is CCNS(=O)(=O)c1cc(CC(=O)NCC(OC)OC)ccc1-c1cnc([C@H]2CC[C@H](NC(=O)OC(C)C)CC2)s1. The minimum atomic E-state index is -3.82. The van der Waals surface area contributed by atoms with Crippen molar-refractivity contribution in [1.82, 2.24) is 20.3 Å². The van der Waals surface area contributed by atoms with Crippen molar-refractivity contribution in [2.75, 3.05) is 27.3 Å². The number of aromatic nitrogens is 1. The highest BCUT2D eigenvalue weighted by Gasteiger charge is 2.27. The Kier molecular flexibility index (Phi) is 11.9. The highest BCUT2D eigenvalue weighted by molar-refractivity contribution is 7.89. The van der Waals surface area contributed by atoms with Gasteiger partial charge < -0.3 is 24.8 Å². The number of nitrogens with one attached hydrogen (secondary N) is 3. The quantitative estimate of drug-likeness (QED) is 0.298. The van der Waals surface area contributed by atoms with Crippen molar-refractivity contribution < 1.29 is 32.2 Å². The third kappa shape index (κ3) is 8.96. The molecule has 0 spiro atoms. The number of ether oxygens (including phenoxy) is 3. The molecule has 0 aliphatic heterocycles. The first-order chi connectivity index (χ1) is 19.1. The van der Waals surface area contributed by atoms with Crippen LogP contribution in [0.1, 0.15) is 62.9 Å². The van der Waals surface area contributed by atoms with E-state index in [1.807, 2.05) is 13.8 Å². The highest BCUT2D eigenvalue weighted by atomic mass is 32.2. The smallest absolute Gasteiger partial charge is 0.407 e.